The van der Waals surface area contributed by atoms with Gasteiger partial charge in [0.1, 0.15) is 10.8 Å². The number of pyridine rings is 2. The largest absolute Gasteiger partial charge is 0.379 e. The topological polar surface area (TPSA) is 93.4 Å². The zero-order valence-electron chi connectivity index (χ0n) is 15.3. The number of aromatic nitrogens is 2. The highest BCUT2D eigenvalue weighted by molar-refractivity contribution is 7.19. The maximum atomic E-state index is 11.9. The Balaban J connectivity index is 1.56. The van der Waals surface area contributed by atoms with Crippen molar-refractivity contribution in [3.05, 3.63) is 60.0 Å². The summed E-state index contributed by atoms with van der Waals surface area (Å²) in [4.78, 5) is 23.9. The number of amides is 1. The summed E-state index contributed by atoms with van der Waals surface area (Å²) in [5.74, 6) is 0.222. The highest BCUT2D eigenvalue weighted by Gasteiger charge is 2.16. The number of anilines is 2. The highest BCUT2D eigenvalue weighted by Crippen LogP contribution is 2.36. The number of ether oxygens (including phenoxy) is 1. The molecule has 0 aromatic carbocycles. The van der Waals surface area contributed by atoms with Crippen molar-refractivity contribution in [1.82, 2.24) is 14.9 Å². The molecule has 0 bridgehead atoms. The van der Waals surface area contributed by atoms with Gasteiger partial charge in [-0.2, -0.15) is 0 Å². The molecule has 0 spiro atoms. The van der Waals surface area contributed by atoms with Crippen LogP contribution in [0, 0.1) is 0 Å². The summed E-state index contributed by atoms with van der Waals surface area (Å²) in [6.07, 6.45) is 3.45. The second kappa shape index (κ2) is 8.47. The smallest absolute Gasteiger partial charge is 0.251 e. The Bertz CT molecular complexity index is 954. The lowest BCUT2D eigenvalue weighted by Gasteiger charge is -2.26. The van der Waals surface area contributed by atoms with E-state index in [9.17, 15) is 4.79 Å². The third kappa shape index (κ3) is 4.36. The van der Waals surface area contributed by atoms with Crippen LogP contribution in [-0.2, 0) is 11.3 Å². The molecule has 144 valence electrons. The Kier molecular flexibility index (Phi) is 5.61. The van der Waals surface area contributed by atoms with Crippen molar-refractivity contribution in [1.29, 1.82) is 0 Å². The van der Waals surface area contributed by atoms with E-state index in [-0.39, 0.29) is 0 Å². The quantitative estimate of drug-likeness (QED) is 0.667. The second-order valence-electron chi connectivity index (χ2n) is 6.48. The van der Waals surface area contributed by atoms with Crippen molar-refractivity contribution in [3.63, 3.8) is 0 Å². The third-order valence-electron chi connectivity index (χ3n) is 4.50. The summed E-state index contributed by atoms with van der Waals surface area (Å²) < 4.78 is 5.39. The van der Waals surface area contributed by atoms with E-state index in [1.807, 2.05) is 36.4 Å². The number of hydrogen-bond acceptors (Lipinski definition) is 7. The number of nitrogens with two attached hydrogens (primary N) is 1. The molecule has 3 aromatic rings. The van der Waals surface area contributed by atoms with Crippen LogP contribution in [0.2, 0.25) is 0 Å². The summed E-state index contributed by atoms with van der Waals surface area (Å²) in [6, 6.07) is 11.5. The van der Waals surface area contributed by atoms with Crippen LogP contribution in [0.25, 0.3) is 10.4 Å². The van der Waals surface area contributed by atoms with Gasteiger partial charge in [-0.15, -0.1) is 11.3 Å². The average Bonchev–Trinajstić information content (AvgIpc) is 3.14. The van der Waals surface area contributed by atoms with Crippen LogP contribution in [0.3, 0.4) is 0 Å². The normalized spacial score (nSPS) is 14.7. The molecule has 1 fully saturated rings. The van der Waals surface area contributed by atoms with Crippen molar-refractivity contribution in [3.8, 4) is 10.4 Å². The first-order valence-corrected chi connectivity index (χ1v) is 9.88. The van der Waals surface area contributed by atoms with Crippen molar-refractivity contribution < 1.29 is 9.53 Å². The van der Waals surface area contributed by atoms with E-state index in [1.165, 1.54) is 11.3 Å². The van der Waals surface area contributed by atoms with E-state index in [4.69, 9.17) is 15.5 Å². The number of thiophene rings is 1. The predicted molar refractivity (Wildman–Crippen MR) is 110 cm³/mol. The summed E-state index contributed by atoms with van der Waals surface area (Å²) >= 11 is 1.47. The fraction of sp³-hybridized carbons (Fsp3) is 0.250. The number of nitrogens with zero attached hydrogens (tertiary/aromatic N) is 3. The minimum absolute atomic E-state index is 0.456. The lowest BCUT2D eigenvalue weighted by molar-refractivity contribution is 0.0337. The maximum Gasteiger partial charge on any atom is 0.251 e. The van der Waals surface area contributed by atoms with Gasteiger partial charge in [-0.25, -0.2) is 4.98 Å². The van der Waals surface area contributed by atoms with Gasteiger partial charge in [0.05, 0.1) is 24.5 Å². The molecular weight excluding hydrogens is 374 g/mol. The van der Waals surface area contributed by atoms with Crippen molar-refractivity contribution in [2.24, 2.45) is 5.73 Å². The molecule has 4 rings (SSSR count). The van der Waals surface area contributed by atoms with Crippen molar-refractivity contribution >= 4 is 28.1 Å². The lowest BCUT2D eigenvalue weighted by atomic mass is 10.2. The molecule has 7 nitrogen and oxygen atoms in total. The van der Waals surface area contributed by atoms with E-state index in [0.717, 1.165) is 49.0 Å². The van der Waals surface area contributed by atoms with E-state index in [0.29, 0.717) is 16.4 Å². The van der Waals surface area contributed by atoms with Crippen LogP contribution in [-0.4, -0.2) is 47.1 Å². The number of rotatable bonds is 6. The molecule has 0 saturated carbocycles. The first-order valence-electron chi connectivity index (χ1n) is 9.06. The maximum absolute atomic E-state index is 11.9. The van der Waals surface area contributed by atoms with Gasteiger partial charge < -0.3 is 15.8 Å². The first-order chi connectivity index (χ1) is 13.7. The molecule has 3 aromatic heterocycles. The Morgan fingerprint density at radius 1 is 1.21 bits per heavy atom. The number of primary amides is 1. The highest BCUT2D eigenvalue weighted by atomic mass is 32.1. The molecule has 1 saturated heterocycles. The number of morpholine rings is 1. The molecule has 1 aliphatic rings. The average molecular weight is 395 g/mol. The molecule has 1 amide bonds. The Morgan fingerprint density at radius 2 is 2.00 bits per heavy atom. The van der Waals surface area contributed by atoms with Crippen LogP contribution in [0.4, 0.5) is 10.8 Å². The minimum atomic E-state index is -0.469. The monoisotopic (exact) mass is 395 g/mol. The molecule has 28 heavy (non-hydrogen) atoms. The van der Waals surface area contributed by atoms with E-state index >= 15 is 0 Å². The van der Waals surface area contributed by atoms with Gasteiger partial charge in [-0.1, -0.05) is 6.07 Å². The molecule has 0 radical (unpaired) electrons. The number of nitrogens with one attached hydrogen (secondary N) is 1. The molecule has 0 atom stereocenters. The van der Waals surface area contributed by atoms with Gasteiger partial charge in [0.2, 0.25) is 0 Å². The number of carbonyl (C=O) groups is 1. The SMILES string of the molecule is NC(=O)c1cc(-c2ccncc2)sc1Nc1cccc(CN2CCOCC2)n1. The zero-order chi connectivity index (χ0) is 19.3. The van der Waals surface area contributed by atoms with Crippen molar-refractivity contribution in [2.45, 2.75) is 6.54 Å². The summed E-state index contributed by atoms with van der Waals surface area (Å²) in [7, 11) is 0. The Labute approximate surface area is 167 Å². The third-order valence-corrected chi connectivity index (χ3v) is 5.60. The summed E-state index contributed by atoms with van der Waals surface area (Å²) in [5, 5.41) is 3.96. The molecule has 8 heteroatoms. The summed E-state index contributed by atoms with van der Waals surface area (Å²) in [6.45, 7) is 4.10. The first kappa shape index (κ1) is 18.5. The van der Waals surface area contributed by atoms with Crippen LogP contribution < -0.4 is 11.1 Å². The Morgan fingerprint density at radius 3 is 2.75 bits per heavy atom. The molecule has 4 heterocycles. The predicted octanol–water partition coefficient (Wildman–Crippen LogP) is 2.88. The fourth-order valence-electron chi connectivity index (χ4n) is 3.07. The molecule has 1 aliphatic heterocycles. The van der Waals surface area contributed by atoms with E-state index in [1.54, 1.807) is 12.4 Å². The molecule has 3 N–H and O–H groups in total. The molecular formula is C20H21N5O2S. The van der Waals surface area contributed by atoms with E-state index < -0.39 is 5.91 Å². The summed E-state index contributed by atoms with van der Waals surface area (Å²) in [5.41, 5.74) is 8.01. The molecule has 0 aliphatic carbocycles. The fourth-order valence-corrected chi connectivity index (χ4v) is 4.14. The number of carbonyl (C=O) groups excluding carboxylic acids is 1. The standard InChI is InChI=1S/C20H21N5O2S/c21-19(26)16-12-17(14-4-6-22-7-5-14)28-20(16)24-18-3-1-2-15(23-18)13-25-8-10-27-11-9-25/h1-7,12H,8-11,13H2,(H2,21,26)(H,23,24). The zero-order valence-corrected chi connectivity index (χ0v) is 16.1. The second-order valence-corrected chi connectivity index (χ2v) is 7.53. The van der Waals surface area contributed by atoms with Gasteiger partial charge in [0.15, 0.2) is 0 Å². The van der Waals surface area contributed by atoms with Gasteiger partial charge in [-0.3, -0.25) is 14.7 Å². The van der Waals surface area contributed by atoms with E-state index in [2.05, 4.69) is 15.2 Å². The Hall–Kier alpha value is -2.81. The van der Waals surface area contributed by atoms with Gasteiger partial charge >= 0.3 is 0 Å². The lowest BCUT2D eigenvalue weighted by Crippen LogP contribution is -2.35. The van der Waals surface area contributed by atoms with Gasteiger partial charge in [-0.05, 0) is 35.9 Å². The minimum Gasteiger partial charge on any atom is -0.379 e. The van der Waals surface area contributed by atoms with Crippen LogP contribution in [0.1, 0.15) is 16.1 Å². The van der Waals surface area contributed by atoms with Crippen LogP contribution in [0.5, 0.6) is 0 Å². The number of hydrogen-bond donors (Lipinski definition) is 2. The van der Waals surface area contributed by atoms with Crippen LogP contribution >= 0.6 is 11.3 Å². The van der Waals surface area contributed by atoms with Crippen molar-refractivity contribution in [2.75, 3.05) is 31.6 Å². The van der Waals surface area contributed by atoms with Crippen LogP contribution in [0.15, 0.2) is 48.8 Å². The molecule has 0 unspecified atom stereocenters. The van der Waals surface area contributed by atoms with Gasteiger partial charge in [0.25, 0.3) is 5.91 Å². The van der Waals surface area contributed by atoms with Gasteiger partial charge in [0, 0.05) is 36.9 Å².